The smallest absolute Gasteiger partial charge is 0.322 e. The minimum atomic E-state index is -3.26. The van der Waals surface area contributed by atoms with Gasteiger partial charge in [-0.2, -0.15) is 19.1 Å². The van der Waals surface area contributed by atoms with Crippen molar-refractivity contribution >= 4 is 11.7 Å². The van der Waals surface area contributed by atoms with Gasteiger partial charge in [0, 0.05) is 30.6 Å². The number of rotatable bonds is 4. The van der Waals surface area contributed by atoms with Crippen molar-refractivity contribution in [3.8, 4) is 6.07 Å². The molecule has 0 saturated carbocycles. The van der Waals surface area contributed by atoms with Crippen molar-refractivity contribution in [2.75, 3.05) is 18.5 Å². The van der Waals surface area contributed by atoms with Crippen molar-refractivity contribution in [1.29, 1.82) is 5.26 Å². The maximum atomic E-state index is 15.0. The number of fused-ring (bicyclic) bond motifs is 3. The second kappa shape index (κ2) is 8.97. The molecule has 2 amide bonds. The molecule has 2 aromatic rings. The number of benzene rings is 1. The summed E-state index contributed by atoms with van der Waals surface area (Å²) >= 11 is 0. The predicted octanol–water partition coefficient (Wildman–Crippen LogP) is 4.02. The fraction of sp³-hybridized carbons (Fsp3) is 0.476. The van der Waals surface area contributed by atoms with Gasteiger partial charge < -0.3 is 15.0 Å². The summed E-state index contributed by atoms with van der Waals surface area (Å²) in [5.74, 6) is -3.99. The number of amides is 2. The van der Waals surface area contributed by atoms with Crippen LogP contribution in [0.5, 0.6) is 0 Å². The first-order valence-corrected chi connectivity index (χ1v) is 10.3. The number of hydrogen-bond donors (Lipinski definition) is 1. The number of carbonyl (C=O) groups excluding carboxylic acids is 1. The number of nitrogens with one attached hydrogen (secondary N) is 1. The van der Waals surface area contributed by atoms with Crippen LogP contribution in [0.15, 0.2) is 18.2 Å². The van der Waals surface area contributed by atoms with Crippen molar-refractivity contribution in [2.45, 2.75) is 50.8 Å². The molecule has 12 heteroatoms. The summed E-state index contributed by atoms with van der Waals surface area (Å²) in [6.07, 6.45) is -3.98. The van der Waals surface area contributed by atoms with Crippen LogP contribution >= 0.6 is 0 Å². The Morgan fingerprint density at radius 3 is 2.91 bits per heavy atom. The molecule has 33 heavy (non-hydrogen) atoms. The molecule has 1 aromatic carbocycles. The van der Waals surface area contributed by atoms with Gasteiger partial charge in [-0.25, -0.2) is 18.0 Å². The predicted molar refractivity (Wildman–Crippen MR) is 105 cm³/mol. The molecule has 0 aliphatic carbocycles. The molecule has 1 aromatic heterocycles. The third-order valence-electron chi connectivity index (χ3n) is 5.69. The van der Waals surface area contributed by atoms with Crippen LogP contribution in [0.4, 0.5) is 32.4 Å². The van der Waals surface area contributed by atoms with E-state index in [1.54, 1.807) is 6.07 Å². The average molecular weight is 469 g/mol. The molecule has 3 heterocycles. The molecule has 0 bridgehead atoms. The minimum Gasteiger partial charge on any atom is -0.370 e. The third kappa shape index (κ3) is 4.78. The van der Waals surface area contributed by atoms with Crippen molar-refractivity contribution < 1.29 is 31.5 Å². The van der Waals surface area contributed by atoms with E-state index in [9.17, 15) is 26.7 Å². The van der Waals surface area contributed by atoms with E-state index in [0.717, 1.165) is 10.7 Å². The highest BCUT2D eigenvalue weighted by Gasteiger charge is 2.44. The van der Waals surface area contributed by atoms with Gasteiger partial charge in [0.2, 0.25) is 0 Å². The molecule has 0 spiro atoms. The van der Waals surface area contributed by atoms with Gasteiger partial charge in [0.15, 0.2) is 0 Å². The Labute approximate surface area is 185 Å². The second-order valence-electron chi connectivity index (χ2n) is 7.95. The fourth-order valence-corrected chi connectivity index (χ4v) is 4.12. The van der Waals surface area contributed by atoms with E-state index in [1.165, 1.54) is 17.0 Å². The summed E-state index contributed by atoms with van der Waals surface area (Å²) in [5.41, 5.74) is 0.289. The number of urea groups is 1. The van der Waals surface area contributed by atoms with Crippen molar-refractivity contribution in [3.63, 3.8) is 0 Å². The number of halogens is 5. The first-order chi connectivity index (χ1) is 15.7. The number of carbonyl (C=O) groups is 1. The number of anilines is 1. The van der Waals surface area contributed by atoms with Gasteiger partial charge in [0.25, 0.3) is 12.3 Å². The zero-order chi connectivity index (χ0) is 23.8. The molecule has 7 nitrogen and oxygen atoms in total. The van der Waals surface area contributed by atoms with Crippen molar-refractivity contribution in [3.05, 3.63) is 46.5 Å². The highest BCUT2D eigenvalue weighted by atomic mass is 19.3. The molecule has 176 valence electrons. The Hall–Kier alpha value is -3.20. The van der Waals surface area contributed by atoms with Crippen LogP contribution in [-0.4, -0.2) is 46.4 Å². The van der Waals surface area contributed by atoms with Gasteiger partial charge in [-0.05, 0) is 24.6 Å². The lowest BCUT2D eigenvalue weighted by Gasteiger charge is -2.28. The van der Waals surface area contributed by atoms with Crippen LogP contribution in [-0.2, 0) is 30.2 Å². The summed E-state index contributed by atoms with van der Waals surface area (Å²) in [4.78, 5) is 14.0. The first kappa shape index (κ1) is 23.0. The van der Waals surface area contributed by atoms with Gasteiger partial charge >= 0.3 is 6.03 Å². The van der Waals surface area contributed by atoms with Crippen LogP contribution in [0.2, 0.25) is 0 Å². The summed E-state index contributed by atoms with van der Waals surface area (Å²) in [7, 11) is 0. The topological polar surface area (TPSA) is 83.2 Å². The largest absolute Gasteiger partial charge is 0.370 e. The molecule has 0 fully saturated rings. The molecule has 0 unspecified atom stereocenters. The van der Waals surface area contributed by atoms with Crippen LogP contribution in [0, 0.1) is 17.1 Å². The molecule has 1 N–H and O–H groups in total. The van der Waals surface area contributed by atoms with E-state index in [1.807, 2.05) is 0 Å². The Balaban J connectivity index is 1.53. The second-order valence-corrected chi connectivity index (χ2v) is 7.95. The lowest BCUT2D eigenvalue weighted by atomic mass is 10.00. The molecule has 4 rings (SSSR count). The highest BCUT2D eigenvalue weighted by Crippen LogP contribution is 2.41. The van der Waals surface area contributed by atoms with E-state index in [4.69, 9.17) is 10.00 Å². The lowest BCUT2D eigenvalue weighted by Crippen LogP contribution is -2.39. The number of nitrogens with zero attached hydrogens (tertiary/aromatic N) is 4. The first-order valence-electron chi connectivity index (χ1n) is 10.3. The van der Waals surface area contributed by atoms with Crippen LogP contribution in [0.25, 0.3) is 0 Å². The van der Waals surface area contributed by atoms with Gasteiger partial charge in [-0.15, -0.1) is 0 Å². The van der Waals surface area contributed by atoms with E-state index in [0.29, 0.717) is 5.69 Å². The Bertz CT molecular complexity index is 1100. The molecule has 0 radical (unpaired) electrons. The Morgan fingerprint density at radius 1 is 1.39 bits per heavy atom. The highest BCUT2D eigenvalue weighted by molar-refractivity contribution is 5.89. The van der Waals surface area contributed by atoms with Crippen molar-refractivity contribution in [1.82, 2.24) is 14.7 Å². The minimum absolute atomic E-state index is 0.0800. The normalized spacial score (nSPS) is 19.4. The zero-order valence-electron chi connectivity index (χ0n) is 17.3. The summed E-state index contributed by atoms with van der Waals surface area (Å²) in [6.45, 7) is -0.833. The maximum absolute atomic E-state index is 15.0. The molecule has 0 saturated heterocycles. The van der Waals surface area contributed by atoms with Crippen LogP contribution in [0.3, 0.4) is 0 Å². The number of alkyl halides is 4. The zero-order valence-corrected chi connectivity index (χ0v) is 17.3. The number of hydrogen-bond acceptors (Lipinski definition) is 4. The average Bonchev–Trinajstić information content (AvgIpc) is 3.08. The SMILES string of the molecule is N#Cc1cc(NC(=O)N2CCc3nn4c(c3C2)C(F)(F)CC[C@@H](OCC(F)F)C4)ccc1F. The number of nitriles is 1. The lowest BCUT2D eigenvalue weighted by molar-refractivity contribution is -0.0493. The summed E-state index contributed by atoms with van der Waals surface area (Å²) in [6, 6.07) is 4.61. The monoisotopic (exact) mass is 469 g/mol. The van der Waals surface area contributed by atoms with Gasteiger partial charge in [0.1, 0.15) is 24.2 Å². The summed E-state index contributed by atoms with van der Waals surface area (Å²) < 4.78 is 74.7. The molecular weight excluding hydrogens is 449 g/mol. The molecular formula is C21H20F5N5O2. The van der Waals surface area contributed by atoms with Gasteiger partial charge in [0.05, 0.1) is 30.5 Å². The maximum Gasteiger partial charge on any atom is 0.322 e. The molecule has 2 aliphatic heterocycles. The van der Waals surface area contributed by atoms with Crippen molar-refractivity contribution in [2.24, 2.45) is 0 Å². The Kier molecular flexibility index (Phi) is 6.25. The van der Waals surface area contributed by atoms with E-state index >= 15 is 0 Å². The van der Waals surface area contributed by atoms with E-state index < -0.39 is 43.3 Å². The number of ether oxygens (including phenoxy) is 1. The van der Waals surface area contributed by atoms with Gasteiger partial charge in [-0.3, -0.25) is 4.68 Å². The Morgan fingerprint density at radius 2 is 2.18 bits per heavy atom. The van der Waals surface area contributed by atoms with E-state index in [2.05, 4.69) is 10.4 Å². The van der Waals surface area contributed by atoms with Crippen LogP contribution in [0.1, 0.15) is 35.4 Å². The molecule has 1 atom stereocenters. The van der Waals surface area contributed by atoms with Gasteiger partial charge in [-0.1, -0.05) is 0 Å². The fourth-order valence-electron chi connectivity index (χ4n) is 4.12. The quantitative estimate of drug-likeness (QED) is 0.686. The molecule has 2 aliphatic rings. The summed E-state index contributed by atoms with van der Waals surface area (Å²) in [5, 5.41) is 15.8. The third-order valence-corrected chi connectivity index (χ3v) is 5.69. The van der Waals surface area contributed by atoms with Crippen LogP contribution < -0.4 is 5.32 Å². The number of aromatic nitrogens is 2. The standard InChI is InChI=1S/C21H20F5N5O2/c22-16-2-1-13(7-12(16)8-27)28-20(32)30-6-4-17-15(10-30)19-21(25,26)5-3-14(9-31(19)29-17)33-11-18(23)24/h1-2,7,14,18H,3-6,9-11H2,(H,28,32)/t14-/m1/s1. The van der Waals surface area contributed by atoms with E-state index in [-0.39, 0.29) is 55.0 Å².